The van der Waals surface area contributed by atoms with E-state index in [-0.39, 0.29) is 11.9 Å². The van der Waals surface area contributed by atoms with Gasteiger partial charge >= 0.3 is 0 Å². The maximum atomic E-state index is 8.58. The zero-order valence-corrected chi connectivity index (χ0v) is 8.13. The average Bonchev–Trinajstić information content (AvgIpc) is 2.23. The van der Waals surface area contributed by atoms with E-state index < -0.39 is 0 Å². The van der Waals surface area contributed by atoms with Gasteiger partial charge in [0.05, 0.1) is 11.8 Å². The van der Waals surface area contributed by atoms with Gasteiger partial charge in [0, 0.05) is 0 Å². The van der Waals surface area contributed by atoms with Crippen LogP contribution in [0.1, 0.15) is 24.8 Å². The van der Waals surface area contributed by atoms with E-state index in [1.54, 1.807) is 6.07 Å². The molecule has 0 saturated heterocycles. The van der Waals surface area contributed by atoms with Crippen LogP contribution in [0, 0.1) is 0 Å². The highest BCUT2D eigenvalue weighted by Gasteiger charge is 2.22. The van der Waals surface area contributed by atoms with Gasteiger partial charge in [0.1, 0.15) is 6.10 Å². The van der Waals surface area contributed by atoms with Gasteiger partial charge in [-0.3, -0.25) is 0 Å². The Balaban J connectivity index is 2.20. The molecule has 1 fully saturated rings. The Labute approximate surface area is 86.8 Å². The van der Waals surface area contributed by atoms with Crippen LogP contribution in [0.3, 0.4) is 0 Å². The van der Waals surface area contributed by atoms with Crippen molar-refractivity contribution < 1.29 is 9.94 Å². The summed E-state index contributed by atoms with van der Waals surface area (Å²) < 4.78 is 5.56. The molecule has 15 heavy (non-hydrogen) atoms. The van der Waals surface area contributed by atoms with E-state index in [0.29, 0.717) is 11.4 Å². The zero-order chi connectivity index (χ0) is 10.7. The number of amidine groups is 1. The van der Waals surface area contributed by atoms with Crippen molar-refractivity contribution in [2.75, 3.05) is 0 Å². The Hall–Kier alpha value is -1.85. The highest BCUT2D eigenvalue weighted by atomic mass is 16.5. The molecular weight excluding hydrogens is 196 g/mol. The highest BCUT2D eigenvalue weighted by molar-refractivity contribution is 5.98. The molecule has 6 heteroatoms. The van der Waals surface area contributed by atoms with E-state index in [2.05, 4.69) is 15.4 Å². The lowest BCUT2D eigenvalue weighted by atomic mass is 9.96. The van der Waals surface area contributed by atoms with Gasteiger partial charge < -0.3 is 15.7 Å². The topological polar surface area (TPSA) is 93.6 Å². The molecule has 1 aromatic rings. The molecule has 0 amide bonds. The van der Waals surface area contributed by atoms with E-state index in [1.165, 1.54) is 12.6 Å². The van der Waals surface area contributed by atoms with Gasteiger partial charge in [-0.15, -0.1) is 5.10 Å². The molecule has 6 nitrogen and oxygen atoms in total. The fourth-order valence-electron chi connectivity index (χ4n) is 1.30. The molecule has 0 atom stereocenters. The quantitative estimate of drug-likeness (QED) is 0.326. The third kappa shape index (κ3) is 1.98. The SMILES string of the molecule is N/C(=N/O)c1ccnnc1OC1CCC1. The van der Waals surface area contributed by atoms with Crippen LogP contribution in [0.15, 0.2) is 17.4 Å². The molecule has 3 N–H and O–H groups in total. The normalized spacial score (nSPS) is 17.2. The van der Waals surface area contributed by atoms with Crippen molar-refractivity contribution >= 4 is 5.84 Å². The molecule has 1 saturated carbocycles. The van der Waals surface area contributed by atoms with Gasteiger partial charge in [-0.05, 0) is 25.3 Å². The molecule has 0 bridgehead atoms. The summed E-state index contributed by atoms with van der Waals surface area (Å²) in [6, 6.07) is 1.61. The molecule has 0 aromatic carbocycles. The first kappa shape index (κ1) is 9.70. The molecule has 0 spiro atoms. The van der Waals surface area contributed by atoms with Crippen molar-refractivity contribution in [3.8, 4) is 5.88 Å². The summed E-state index contributed by atoms with van der Waals surface area (Å²) in [6.07, 6.45) is 4.87. The number of hydrogen-bond acceptors (Lipinski definition) is 5. The van der Waals surface area contributed by atoms with Gasteiger partial charge in [0.25, 0.3) is 0 Å². The number of hydrogen-bond donors (Lipinski definition) is 2. The number of nitrogens with zero attached hydrogens (tertiary/aromatic N) is 3. The molecule has 0 aliphatic heterocycles. The van der Waals surface area contributed by atoms with Crippen LogP contribution in [0.5, 0.6) is 5.88 Å². The molecule has 2 rings (SSSR count). The summed E-state index contributed by atoms with van der Waals surface area (Å²) in [5.41, 5.74) is 5.95. The van der Waals surface area contributed by atoms with Gasteiger partial charge in [-0.25, -0.2) is 0 Å². The van der Waals surface area contributed by atoms with Gasteiger partial charge in [-0.1, -0.05) is 5.16 Å². The first-order valence-corrected chi connectivity index (χ1v) is 4.77. The predicted octanol–water partition coefficient (Wildman–Crippen LogP) is 0.502. The average molecular weight is 208 g/mol. The first-order valence-electron chi connectivity index (χ1n) is 4.77. The van der Waals surface area contributed by atoms with E-state index in [4.69, 9.17) is 15.7 Å². The minimum atomic E-state index is -0.0146. The monoisotopic (exact) mass is 208 g/mol. The minimum Gasteiger partial charge on any atom is -0.473 e. The number of oxime groups is 1. The molecule has 80 valence electrons. The van der Waals surface area contributed by atoms with Crippen molar-refractivity contribution in [3.05, 3.63) is 17.8 Å². The second-order valence-corrected chi connectivity index (χ2v) is 3.41. The summed E-state index contributed by atoms with van der Waals surface area (Å²) in [7, 11) is 0. The largest absolute Gasteiger partial charge is 0.473 e. The molecule has 1 aromatic heterocycles. The lowest BCUT2D eigenvalue weighted by Gasteiger charge is -2.26. The third-order valence-corrected chi connectivity index (χ3v) is 2.40. The molecular formula is C9H12N4O2. The Morgan fingerprint density at radius 1 is 1.60 bits per heavy atom. The van der Waals surface area contributed by atoms with Crippen LogP contribution < -0.4 is 10.5 Å². The van der Waals surface area contributed by atoms with E-state index in [0.717, 1.165) is 12.8 Å². The molecule has 0 radical (unpaired) electrons. The molecule has 1 aliphatic carbocycles. The van der Waals surface area contributed by atoms with E-state index >= 15 is 0 Å². The second kappa shape index (κ2) is 4.12. The van der Waals surface area contributed by atoms with Crippen LogP contribution in [-0.4, -0.2) is 27.3 Å². The lowest BCUT2D eigenvalue weighted by molar-refractivity contribution is 0.113. The standard InChI is InChI=1S/C9H12N4O2/c10-8(13-14)7-4-5-11-12-9(7)15-6-2-1-3-6/h4-6,14H,1-3H2,(H2,10,13). The van der Waals surface area contributed by atoms with Crippen LogP contribution in [0.2, 0.25) is 0 Å². The van der Waals surface area contributed by atoms with Crippen LogP contribution in [0.4, 0.5) is 0 Å². The predicted molar refractivity (Wildman–Crippen MR) is 52.8 cm³/mol. The summed E-state index contributed by atoms with van der Waals surface area (Å²) in [5.74, 6) is 0.316. The van der Waals surface area contributed by atoms with Crippen molar-refractivity contribution in [1.82, 2.24) is 10.2 Å². The lowest BCUT2D eigenvalue weighted by Crippen LogP contribution is -2.27. The maximum Gasteiger partial charge on any atom is 0.244 e. The number of nitrogens with two attached hydrogens (primary N) is 1. The minimum absolute atomic E-state index is 0.0146. The van der Waals surface area contributed by atoms with Gasteiger partial charge in [0.15, 0.2) is 5.84 Å². The van der Waals surface area contributed by atoms with E-state index in [1.807, 2.05) is 0 Å². The van der Waals surface area contributed by atoms with Crippen LogP contribution in [-0.2, 0) is 0 Å². The van der Waals surface area contributed by atoms with E-state index in [9.17, 15) is 0 Å². The Morgan fingerprint density at radius 2 is 2.40 bits per heavy atom. The Morgan fingerprint density at radius 3 is 3.00 bits per heavy atom. The fourth-order valence-corrected chi connectivity index (χ4v) is 1.30. The molecule has 1 heterocycles. The molecule has 1 aliphatic rings. The van der Waals surface area contributed by atoms with Crippen molar-refractivity contribution in [3.63, 3.8) is 0 Å². The number of rotatable bonds is 3. The van der Waals surface area contributed by atoms with Crippen molar-refractivity contribution in [2.45, 2.75) is 25.4 Å². The summed E-state index contributed by atoms with van der Waals surface area (Å²) >= 11 is 0. The number of ether oxygens (including phenoxy) is 1. The van der Waals surface area contributed by atoms with Crippen LogP contribution in [0.25, 0.3) is 0 Å². The Kier molecular flexibility index (Phi) is 2.66. The van der Waals surface area contributed by atoms with Crippen molar-refractivity contribution in [2.24, 2.45) is 10.9 Å². The second-order valence-electron chi connectivity index (χ2n) is 3.41. The fraction of sp³-hybridized carbons (Fsp3) is 0.444. The summed E-state index contributed by atoms with van der Waals surface area (Å²) in [5, 5.41) is 19.0. The maximum absolute atomic E-state index is 8.58. The number of aromatic nitrogens is 2. The van der Waals surface area contributed by atoms with Gasteiger partial charge in [0.2, 0.25) is 5.88 Å². The zero-order valence-electron chi connectivity index (χ0n) is 8.13. The smallest absolute Gasteiger partial charge is 0.244 e. The van der Waals surface area contributed by atoms with Gasteiger partial charge in [-0.2, -0.15) is 5.10 Å². The Bertz CT molecular complexity index is 376. The summed E-state index contributed by atoms with van der Waals surface area (Å²) in [4.78, 5) is 0. The van der Waals surface area contributed by atoms with Crippen LogP contribution >= 0.6 is 0 Å². The summed E-state index contributed by atoms with van der Waals surface area (Å²) in [6.45, 7) is 0. The highest BCUT2D eigenvalue weighted by Crippen LogP contribution is 2.25. The molecule has 0 unspecified atom stereocenters. The first-order chi connectivity index (χ1) is 7.31. The third-order valence-electron chi connectivity index (χ3n) is 2.40. The van der Waals surface area contributed by atoms with Crippen molar-refractivity contribution in [1.29, 1.82) is 0 Å².